The van der Waals surface area contributed by atoms with Crippen LogP contribution in [-0.2, 0) is 16.2 Å². The molecule has 1 atom stereocenters. The summed E-state index contributed by atoms with van der Waals surface area (Å²) in [4.78, 5) is 2.46. The second-order valence-electron chi connectivity index (χ2n) is 19.0. The molecule has 0 heterocycles. The molecule has 0 N–H and O–H groups in total. The molecule has 11 rings (SSSR count). The fourth-order valence-corrected chi connectivity index (χ4v) is 10.5. The summed E-state index contributed by atoms with van der Waals surface area (Å²) in [6.45, 7) is 16.0. The van der Waals surface area contributed by atoms with E-state index in [1.807, 2.05) is 0 Å². The number of aryl methyl sites for hydroxylation is 1. The molecule has 1 spiro atoms. The van der Waals surface area contributed by atoms with E-state index in [2.05, 4.69) is 223 Å². The fraction of sp³-hybridized carbons (Fsp3) is 0.172. The zero-order chi connectivity index (χ0) is 40.4. The molecule has 0 amide bonds. The lowest BCUT2D eigenvalue weighted by molar-refractivity contribution is 0.590. The normalized spacial score (nSPS) is 15.4. The largest absolute Gasteiger partial charge is 0.310 e. The van der Waals surface area contributed by atoms with Crippen molar-refractivity contribution in [3.63, 3.8) is 0 Å². The molecule has 0 radical (unpaired) electrons. The van der Waals surface area contributed by atoms with Crippen LogP contribution in [0.25, 0.3) is 54.6 Å². The van der Waals surface area contributed by atoms with E-state index in [0.717, 1.165) is 17.1 Å². The Labute approximate surface area is 348 Å². The first kappa shape index (κ1) is 35.7. The Hall–Kier alpha value is -6.44. The van der Waals surface area contributed by atoms with Crippen LogP contribution in [0.15, 0.2) is 170 Å². The molecule has 1 nitrogen and oxygen atoms in total. The summed E-state index contributed by atoms with van der Waals surface area (Å²) < 4.78 is 0. The molecule has 2 aliphatic carbocycles. The molecule has 0 fully saturated rings. The molecule has 0 saturated heterocycles. The summed E-state index contributed by atoms with van der Waals surface area (Å²) in [5, 5.41) is 7.83. The highest BCUT2D eigenvalue weighted by atomic mass is 15.1. The third-order valence-corrected chi connectivity index (χ3v) is 13.4. The van der Waals surface area contributed by atoms with Crippen molar-refractivity contribution < 1.29 is 0 Å². The second kappa shape index (κ2) is 12.5. The number of fused-ring (bicyclic) bond motifs is 16. The third kappa shape index (κ3) is 5.17. The van der Waals surface area contributed by atoms with Crippen LogP contribution in [0.2, 0.25) is 0 Å². The van der Waals surface area contributed by atoms with Gasteiger partial charge in [-0.1, -0.05) is 168 Å². The molecule has 9 aromatic carbocycles. The minimum Gasteiger partial charge on any atom is -0.310 e. The Morgan fingerprint density at radius 1 is 0.339 bits per heavy atom. The monoisotopic (exact) mass is 759 g/mol. The van der Waals surface area contributed by atoms with Crippen LogP contribution in [0, 0.1) is 6.92 Å². The SMILES string of the molecule is Cc1ccc2c(c1)C1(c3ccccc3-c3cc4c5ccccc5c5ccccc5c4cc31)c1cc(N(c3ccc(C(C)(C)C)cc3)c3ccc(C(C)(C)C)cc3)ccc1-2. The van der Waals surface area contributed by atoms with Crippen LogP contribution in [0.4, 0.5) is 17.1 Å². The van der Waals surface area contributed by atoms with Crippen molar-refractivity contribution in [1.29, 1.82) is 0 Å². The molecule has 2 aliphatic rings. The highest BCUT2D eigenvalue weighted by Crippen LogP contribution is 2.64. The van der Waals surface area contributed by atoms with E-state index in [4.69, 9.17) is 0 Å². The maximum Gasteiger partial charge on any atom is 0.0726 e. The summed E-state index contributed by atoms with van der Waals surface area (Å²) in [5.41, 5.74) is 17.7. The van der Waals surface area contributed by atoms with E-state index in [9.17, 15) is 0 Å². The van der Waals surface area contributed by atoms with Gasteiger partial charge in [-0.25, -0.2) is 0 Å². The van der Waals surface area contributed by atoms with E-state index in [-0.39, 0.29) is 10.8 Å². The molecule has 1 unspecified atom stereocenters. The van der Waals surface area contributed by atoms with Crippen molar-refractivity contribution in [2.75, 3.05) is 4.90 Å². The molecule has 286 valence electrons. The summed E-state index contributed by atoms with van der Waals surface area (Å²) >= 11 is 0. The molecular formula is C58H49N. The molecule has 0 aliphatic heterocycles. The first-order chi connectivity index (χ1) is 28.4. The Bertz CT molecular complexity index is 3110. The van der Waals surface area contributed by atoms with Crippen molar-refractivity contribution in [1.82, 2.24) is 0 Å². The lowest BCUT2D eigenvalue weighted by Gasteiger charge is -2.33. The van der Waals surface area contributed by atoms with E-state index in [1.165, 1.54) is 93.5 Å². The van der Waals surface area contributed by atoms with E-state index < -0.39 is 5.41 Å². The molecular weight excluding hydrogens is 711 g/mol. The van der Waals surface area contributed by atoms with Crippen molar-refractivity contribution in [3.8, 4) is 22.3 Å². The van der Waals surface area contributed by atoms with Gasteiger partial charge in [-0.2, -0.15) is 0 Å². The van der Waals surface area contributed by atoms with Crippen molar-refractivity contribution in [2.24, 2.45) is 0 Å². The molecule has 59 heavy (non-hydrogen) atoms. The van der Waals surface area contributed by atoms with Crippen molar-refractivity contribution >= 4 is 49.4 Å². The van der Waals surface area contributed by atoms with E-state index in [1.54, 1.807) is 0 Å². The zero-order valence-electron chi connectivity index (χ0n) is 35.1. The number of benzene rings is 9. The standard InChI is InChI=1S/C58H49N/c1-36-20-30-47-48-31-29-41(59(39-25-21-37(22-26-39)56(2,3)4)40-27-23-38(24-28-40)57(5,6)7)33-54(48)58(53(47)32-36)52-19-13-12-18-46(52)51-34-49-44-16-10-8-14-42(44)43-15-9-11-17-45(43)50(49)35-55(51)58/h8-35H,1-7H3. The zero-order valence-corrected chi connectivity index (χ0v) is 35.1. The first-order valence-electron chi connectivity index (χ1n) is 21.2. The summed E-state index contributed by atoms with van der Waals surface area (Å²) in [6, 6.07) is 65.1. The van der Waals surface area contributed by atoms with Gasteiger partial charge in [0, 0.05) is 17.1 Å². The second-order valence-corrected chi connectivity index (χ2v) is 19.0. The molecule has 9 aromatic rings. The number of rotatable bonds is 3. The predicted octanol–water partition coefficient (Wildman–Crippen LogP) is 15.9. The van der Waals surface area contributed by atoms with E-state index >= 15 is 0 Å². The number of nitrogens with zero attached hydrogens (tertiary/aromatic N) is 1. The Morgan fingerprint density at radius 2 is 0.763 bits per heavy atom. The summed E-state index contributed by atoms with van der Waals surface area (Å²) in [5.74, 6) is 0. The highest BCUT2D eigenvalue weighted by molar-refractivity contribution is 6.26. The Morgan fingerprint density at radius 3 is 1.32 bits per heavy atom. The fourth-order valence-electron chi connectivity index (χ4n) is 10.5. The van der Waals surface area contributed by atoms with Gasteiger partial charge in [0.2, 0.25) is 0 Å². The van der Waals surface area contributed by atoms with Gasteiger partial charge in [-0.15, -0.1) is 0 Å². The van der Waals surface area contributed by atoms with Crippen molar-refractivity contribution in [3.05, 3.63) is 209 Å². The molecule has 1 heteroatoms. The Kier molecular flexibility index (Phi) is 7.58. The minimum absolute atomic E-state index is 0.0621. The first-order valence-corrected chi connectivity index (χ1v) is 21.2. The van der Waals surface area contributed by atoms with Gasteiger partial charge in [0.25, 0.3) is 0 Å². The Balaban J connectivity index is 1.22. The van der Waals surface area contributed by atoms with Gasteiger partial charge >= 0.3 is 0 Å². The lowest BCUT2D eigenvalue weighted by Crippen LogP contribution is -2.26. The van der Waals surface area contributed by atoms with Crippen LogP contribution >= 0.6 is 0 Å². The molecule has 0 saturated carbocycles. The van der Waals surface area contributed by atoms with Crippen LogP contribution in [-0.4, -0.2) is 0 Å². The van der Waals surface area contributed by atoms with Gasteiger partial charge in [-0.3, -0.25) is 0 Å². The smallest absolute Gasteiger partial charge is 0.0726 e. The van der Waals surface area contributed by atoms with Crippen molar-refractivity contribution in [2.45, 2.75) is 64.7 Å². The average Bonchev–Trinajstić information content (AvgIpc) is 3.69. The van der Waals surface area contributed by atoms with Crippen LogP contribution in [0.1, 0.15) is 80.5 Å². The number of hydrogen-bond donors (Lipinski definition) is 0. The van der Waals surface area contributed by atoms with Gasteiger partial charge < -0.3 is 4.90 Å². The average molecular weight is 760 g/mol. The van der Waals surface area contributed by atoms with Gasteiger partial charge in [-0.05, 0) is 154 Å². The predicted molar refractivity (Wildman–Crippen MR) is 252 cm³/mol. The quantitative estimate of drug-likeness (QED) is 0.162. The van der Waals surface area contributed by atoms with Crippen LogP contribution in [0.5, 0.6) is 0 Å². The number of hydrogen-bond acceptors (Lipinski definition) is 1. The van der Waals surface area contributed by atoms with E-state index in [0.29, 0.717) is 0 Å². The highest BCUT2D eigenvalue weighted by Gasteiger charge is 2.52. The van der Waals surface area contributed by atoms with Gasteiger partial charge in [0.1, 0.15) is 0 Å². The van der Waals surface area contributed by atoms with Gasteiger partial charge in [0.15, 0.2) is 0 Å². The third-order valence-electron chi connectivity index (χ3n) is 13.4. The maximum absolute atomic E-state index is 2.57. The number of anilines is 3. The molecule has 0 bridgehead atoms. The van der Waals surface area contributed by atoms with Crippen LogP contribution < -0.4 is 4.90 Å². The maximum atomic E-state index is 2.57. The lowest BCUT2D eigenvalue weighted by atomic mass is 9.70. The van der Waals surface area contributed by atoms with Crippen LogP contribution in [0.3, 0.4) is 0 Å². The topological polar surface area (TPSA) is 3.24 Å². The summed E-state index contributed by atoms with van der Waals surface area (Å²) in [7, 11) is 0. The minimum atomic E-state index is -0.503. The summed E-state index contributed by atoms with van der Waals surface area (Å²) in [6.07, 6.45) is 0. The van der Waals surface area contributed by atoms with Gasteiger partial charge in [0.05, 0.1) is 5.41 Å². The molecule has 0 aromatic heterocycles.